The fraction of sp³-hybridized carbons (Fsp3) is 0.938. The molecular weight excluding hydrogens is 673 g/mol. The second-order valence-electron chi connectivity index (χ2n) is 17.3. The third-order valence-electron chi connectivity index (χ3n) is 10.7. The van der Waals surface area contributed by atoms with E-state index in [2.05, 4.69) is 34.6 Å². The molecule has 1 atom stereocenters. The van der Waals surface area contributed by atoms with Crippen molar-refractivity contribution < 1.29 is 28.6 Å². The van der Waals surface area contributed by atoms with Crippen LogP contribution in [-0.2, 0) is 28.6 Å². The highest BCUT2D eigenvalue weighted by Gasteiger charge is 2.19. The normalized spacial score (nSPS) is 12.1. The van der Waals surface area contributed by atoms with Gasteiger partial charge in [-0.2, -0.15) is 0 Å². The number of hydrogen-bond acceptors (Lipinski definition) is 6. The lowest BCUT2D eigenvalue weighted by Gasteiger charge is -2.18. The molecule has 6 nitrogen and oxygen atoms in total. The fourth-order valence-electron chi connectivity index (χ4n) is 7.11. The average molecular weight is 765 g/mol. The Morgan fingerprint density at radius 2 is 0.611 bits per heavy atom. The Labute approximate surface area is 336 Å². The van der Waals surface area contributed by atoms with E-state index < -0.39 is 6.10 Å². The lowest BCUT2D eigenvalue weighted by Crippen LogP contribution is -2.30. The first kappa shape index (κ1) is 52.4. The monoisotopic (exact) mass is 765 g/mol. The summed E-state index contributed by atoms with van der Waals surface area (Å²) in [5.74, 6) is 0.728. The number of carbonyl (C=O) groups excluding carboxylic acids is 3. The summed E-state index contributed by atoms with van der Waals surface area (Å²) in [6.07, 6.45) is 39.5. The van der Waals surface area contributed by atoms with Gasteiger partial charge in [-0.15, -0.1) is 0 Å². The van der Waals surface area contributed by atoms with Gasteiger partial charge in [0.15, 0.2) is 6.10 Å². The minimum Gasteiger partial charge on any atom is -0.462 e. The van der Waals surface area contributed by atoms with E-state index in [0.717, 1.165) is 69.6 Å². The van der Waals surface area contributed by atoms with Gasteiger partial charge in [0, 0.05) is 19.3 Å². The average Bonchev–Trinajstić information content (AvgIpc) is 3.14. The van der Waals surface area contributed by atoms with Crippen LogP contribution in [0.4, 0.5) is 0 Å². The molecule has 0 radical (unpaired) electrons. The van der Waals surface area contributed by atoms with Crippen molar-refractivity contribution >= 4 is 17.9 Å². The third-order valence-corrected chi connectivity index (χ3v) is 10.7. The van der Waals surface area contributed by atoms with Crippen molar-refractivity contribution in [2.45, 2.75) is 265 Å². The van der Waals surface area contributed by atoms with E-state index >= 15 is 0 Å². The summed E-state index contributed by atoms with van der Waals surface area (Å²) in [6, 6.07) is 0. The molecule has 0 aliphatic heterocycles. The van der Waals surface area contributed by atoms with Crippen molar-refractivity contribution in [2.24, 2.45) is 11.8 Å². The predicted octanol–water partition coefficient (Wildman–Crippen LogP) is 15.0. The van der Waals surface area contributed by atoms with Crippen LogP contribution in [0.3, 0.4) is 0 Å². The van der Waals surface area contributed by atoms with Gasteiger partial charge in [0.25, 0.3) is 0 Å². The summed E-state index contributed by atoms with van der Waals surface area (Å²) in [5, 5.41) is 0. The van der Waals surface area contributed by atoms with E-state index in [-0.39, 0.29) is 31.1 Å². The molecule has 0 aromatic rings. The molecule has 0 N–H and O–H groups in total. The Kier molecular flexibility index (Phi) is 39.8. The standard InChI is InChI=1S/C48H92O6/c1-6-7-8-9-10-11-12-13-14-15-18-23-28-33-38-46(49)52-41-45(54-48(51)40-35-30-25-20-22-27-32-37-44(4)5)42-53-47(50)39-34-29-24-19-16-17-21-26-31-36-43(2)3/h43-45H,6-42H2,1-5H3/t45-/m0/s1. The van der Waals surface area contributed by atoms with Crippen molar-refractivity contribution in [3.8, 4) is 0 Å². The Hall–Kier alpha value is -1.59. The molecule has 0 aliphatic carbocycles. The van der Waals surface area contributed by atoms with Gasteiger partial charge in [-0.1, -0.05) is 221 Å². The molecule has 0 heterocycles. The highest BCUT2D eigenvalue weighted by molar-refractivity contribution is 5.71. The molecule has 0 rings (SSSR count). The van der Waals surface area contributed by atoms with Crippen LogP contribution < -0.4 is 0 Å². The van der Waals surface area contributed by atoms with Gasteiger partial charge in [0.1, 0.15) is 13.2 Å². The van der Waals surface area contributed by atoms with Crippen molar-refractivity contribution in [1.82, 2.24) is 0 Å². The van der Waals surface area contributed by atoms with Crippen LogP contribution in [0.15, 0.2) is 0 Å². The van der Waals surface area contributed by atoms with E-state index in [1.807, 2.05) is 0 Å². The third kappa shape index (κ3) is 41.6. The molecule has 0 unspecified atom stereocenters. The molecule has 0 bridgehead atoms. The van der Waals surface area contributed by atoms with Crippen molar-refractivity contribution in [2.75, 3.05) is 13.2 Å². The second kappa shape index (κ2) is 41.1. The zero-order chi connectivity index (χ0) is 39.7. The van der Waals surface area contributed by atoms with E-state index in [4.69, 9.17) is 14.2 Å². The largest absolute Gasteiger partial charge is 0.462 e. The van der Waals surface area contributed by atoms with Crippen molar-refractivity contribution in [3.63, 3.8) is 0 Å². The van der Waals surface area contributed by atoms with Crippen molar-refractivity contribution in [1.29, 1.82) is 0 Å². The molecule has 0 spiro atoms. The SMILES string of the molecule is CCCCCCCCCCCCCCCCC(=O)OC[C@@H](COC(=O)CCCCCCCCCCCC(C)C)OC(=O)CCCCCCCCCC(C)C. The minimum atomic E-state index is -0.761. The van der Waals surface area contributed by atoms with Gasteiger partial charge in [-0.3, -0.25) is 14.4 Å². The highest BCUT2D eigenvalue weighted by Crippen LogP contribution is 2.17. The summed E-state index contributed by atoms with van der Waals surface area (Å²) < 4.78 is 16.7. The maximum Gasteiger partial charge on any atom is 0.306 e. The molecule has 0 aromatic heterocycles. The number of rotatable bonds is 42. The van der Waals surface area contributed by atoms with Crippen molar-refractivity contribution in [3.05, 3.63) is 0 Å². The first-order chi connectivity index (χ1) is 26.2. The number of hydrogen-bond donors (Lipinski definition) is 0. The highest BCUT2D eigenvalue weighted by atomic mass is 16.6. The van der Waals surface area contributed by atoms with Gasteiger partial charge in [-0.05, 0) is 31.1 Å². The molecule has 0 amide bonds. The van der Waals surface area contributed by atoms with Gasteiger partial charge < -0.3 is 14.2 Å². The first-order valence-corrected chi connectivity index (χ1v) is 23.7. The fourth-order valence-corrected chi connectivity index (χ4v) is 7.11. The van der Waals surface area contributed by atoms with Crippen LogP contribution in [0, 0.1) is 11.8 Å². The van der Waals surface area contributed by atoms with Crippen LogP contribution in [0.25, 0.3) is 0 Å². The van der Waals surface area contributed by atoms with Crippen LogP contribution >= 0.6 is 0 Å². The zero-order valence-electron chi connectivity index (χ0n) is 36.8. The number of esters is 3. The second-order valence-corrected chi connectivity index (χ2v) is 17.3. The first-order valence-electron chi connectivity index (χ1n) is 23.7. The molecule has 0 aliphatic rings. The van der Waals surface area contributed by atoms with E-state index in [9.17, 15) is 14.4 Å². The molecule has 0 saturated carbocycles. The lowest BCUT2D eigenvalue weighted by atomic mass is 10.0. The van der Waals surface area contributed by atoms with E-state index in [0.29, 0.717) is 19.3 Å². The molecular formula is C48H92O6. The topological polar surface area (TPSA) is 78.9 Å². The number of carbonyl (C=O) groups is 3. The lowest BCUT2D eigenvalue weighted by molar-refractivity contribution is -0.167. The molecule has 0 fully saturated rings. The molecule has 0 aromatic carbocycles. The molecule has 320 valence electrons. The summed E-state index contributed by atoms with van der Waals surface area (Å²) in [7, 11) is 0. The van der Waals surface area contributed by atoms with Gasteiger partial charge in [-0.25, -0.2) is 0 Å². The number of unbranched alkanes of at least 4 members (excludes halogenated alkanes) is 27. The van der Waals surface area contributed by atoms with E-state index in [1.54, 1.807) is 0 Å². The zero-order valence-corrected chi connectivity index (χ0v) is 36.8. The van der Waals surface area contributed by atoms with Crippen LogP contribution in [0.1, 0.15) is 259 Å². The van der Waals surface area contributed by atoms with Gasteiger partial charge in [0.05, 0.1) is 0 Å². The maximum atomic E-state index is 12.7. The predicted molar refractivity (Wildman–Crippen MR) is 229 cm³/mol. The van der Waals surface area contributed by atoms with Crippen LogP contribution in [-0.4, -0.2) is 37.2 Å². The quantitative estimate of drug-likeness (QED) is 0.0350. The molecule has 54 heavy (non-hydrogen) atoms. The van der Waals surface area contributed by atoms with E-state index in [1.165, 1.54) is 148 Å². The summed E-state index contributed by atoms with van der Waals surface area (Å²) in [5.41, 5.74) is 0. The Bertz CT molecular complexity index is 824. The maximum absolute atomic E-state index is 12.7. The summed E-state index contributed by atoms with van der Waals surface area (Å²) in [6.45, 7) is 11.3. The Balaban J connectivity index is 4.31. The summed E-state index contributed by atoms with van der Waals surface area (Å²) >= 11 is 0. The smallest absolute Gasteiger partial charge is 0.306 e. The minimum absolute atomic E-state index is 0.0652. The van der Waals surface area contributed by atoms with Crippen LogP contribution in [0.5, 0.6) is 0 Å². The Morgan fingerprint density at radius 3 is 0.907 bits per heavy atom. The van der Waals surface area contributed by atoms with Gasteiger partial charge >= 0.3 is 17.9 Å². The number of ether oxygens (including phenoxy) is 3. The molecule has 0 saturated heterocycles. The summed E-state index contributed by atoms with van der Waals surface area (Å²) in [4.78, 5) is 37.7. The molecule has 6 heteroatoms. The van der Waals surface area contributed by atoms with Crippen LogP contribution in [0.2, 0.25) is 0 Å². The Morgan fingerprint density at radius 1 is 0.352 bits per heavy atom. The van der Waals surface area contributed by atoms with Gasteiger partial charge in [0.2, 0.25) is 0 Å².